The first kappa shape index (κ1) is 40.1. The fraction of sp³-hybridized carbons (Fsp3) is 0.486. The maximum absolute atomic E-state index is 13.2. The third-order valence-corrected chi connectivity index (χ3v) is 9.38. The molecule has 50 heavy (non-hydrogen) atoms. The number of fused-ring (bicyclic) bond motifs is 1. The first-order chi connectivity index (χ1) is 23.8. The zero-order chi connectivity index (χ0) is 36.7. The van der Waals surface area contributed by atoms with E-state index >= 15 is 0 Å². The lowest BCUT2D eigenvalue weighted by Gasteiger charge is -2.14. The zero-order valence-electron chi connectivity index (χ0n) is 28.8. The van der Waals surface area contributed by atoms with Crippen LogP contribution < -0.4 is 21.3 Å². The van der Waals surface area contributed by atoms with Gasteiger partial charge >= 0.3 is 8.80 Å². The van der Waals surface area contributed by atoms with Gasteiger partial charge in [0.25, 0.3) is 29.5 Å². The van der Waals surface area contributed by atoms with Gasteiger partial charge in [0.05, 0.1) is 22.3 Å². The van der Waals surface area contributed by atoms with Crippen LogP contribution in [-0.4, -0.2) is 103 Å². The Morgan fingerprint density at radius 3 is 1.78 bits per heavy atom. The second kappa shape index (κ2) is 19.8. The van der Waals surface area contributed by atoms with E-state index in [0.29, 0.717) is 43.5 Å². The Hall–Kier alpha value is -4.28. The van der Waals surface area contributed by atoms with E-state index < -0.39 is 32.4 Å². The molecule has 0 saturated heterocycles. The van der Waals surface area contributed by atoms with Gasteiger partial charge in [-0.1, -0.05) is 31.7 Å². The summed E-state index contributed by atoms with van der Waals surface area (Å²) in [5.74, 6) is -2.44. The van der Waals surface area contributed by atoms with Crippen LogP contribution in [0, 0.1) is 0 Å². The second-order valence-electron chi connectivity index (χ2n) is 12.4. The van der Waals surface area contributed by atoms with E-state index in [4.69, 9.17) is 0 Å². The first-order valence-corrected chi connectivity index (χ1v) is 19.2. The lowest BCUT2D eigenvalue weighted by molar-refractivity contribution is 0.0649. The van der Waals surface area contributed by atoms with Crippen molar-refractivity contribution in [1.29, 1.82) is 0 Å². The lowest BCUT2D eigenvalue weighted by atomic mass is 10.0. The predicted octanol–water partition coefficient (Wildman–Crippen LogP) is 2.02. The Kier molecular flexibility index (Phi) is 15.9. The zero-order valence-corrected chi connectivity index (χ0v) is 29.8. The van der Waals surface area contributed by atoms with Crippen molar-refractivity contribution in [3.63, 3.8) is 0 Å². The summed E-state index contributed by atoms with van der Waals surface area (Å²) in [7, 11) is -2.34. The maximum atomic E-state index is 13.2. The summed E-state index contributed by atoms with van der Waals surface area (Å²) < 4.78 is 0. The van der Waals surface area contributed by atoms with Gasteiger partial charge in [0.2, 0.25) is 0 Å². The molecule has 0 aliphatic carbocycles. The molecule has 7 N–H and O–H groups in total. The van der Waals surface area contributed by atoms with E-state index in [-0.39, 0.29) is 59.5 Å². The molecule has 15 heteroatoms. The normalized spacial score (nSPS) is 12.5. The molecule has 0 fully saturated rings. The maximum Gasteiger partial charge on any atom is 0.492 e. The topological polar surface area (TPSA) is 214 Å². The molecule has 1 aliphatic rings. The van der Waals surface area contributed by atoms with Crippen molar-refractivity contribution >= 4 is 44.1 Å². The largest absolute Gasteiger partial charge is 0.492 e. The highest BCUT2D eigenvalue weighted by Crippen LogP contribution is 2.25. The summed E-state index contributed by atoms with van der Waals surface area (Å²) in [6, 6.07) is 8.52. The minimum absolute atomic E-state index is 0.0335. The van der Waals surface area contributed by atoms with Gasteiger partial charge in [-0.3, -0.25) is 33.7 Å². The summed E-state index contributed by atoms with van der Waals surface area (Å²) in [5, 5.41) is 11.4. The van der Waals surface area contributed by atoms with E-state index in [2.05, 4.69) is 21.3 Å². The number of carbonyl (C=O) groups excluding carboxylic acids is 6. The molecular weight excluding hydrogens is 662 g/mol. The lowest BCUT2D eigenvalue weighted by Crippen LogP contribution is -2.36. The molecule has 0 bridgehead atoms. The van der Waals surface area contributed by atoms with Crippen molar-refractivity contribution < 1.29 is 43.2 Å². The number of hydrogen-bond acceptors (Lipinski definition) is 10. The Morgan fingerprint density at radius 2 is 1.16 bits per heavy atom. The molecule has 0 atom stereocenters. The summed E-state index contributed by atoms with van der Waals surface area (Å²) in [6.45, 7) is 3.37. The third kappa shape index (κ3) is 12.2. The first-order valence-electron chi connectivity index (χ1n) is 17.2. The number of hydrogen-bond donors (Lipinski definition) is 7. The highest BCUT2D eigenvalue weighted by atomic mass is 28.4. The molecule has 1 heterocycles. The third-order valence-electron chi connectivity index (χ3n) is 8.36. The highest BCUT2D eigenvalue weighted by molar-refractivity contribution is 6.56. The number of imide groups is 1. The van der Waals surface area contributed by atoms with E-state index in [0.717, 1.165) is 38.6 Å². The highest BCUT2D eigenvalue weighted by Gasteiger charge is 2.35. The summed E-state index contributed by atoms with van der Waals surface area (Å²) in [4.78, 5) is 105. The van der Waals surface area contributed by atoms with Crippen molar-refractivity contribution in [1.82, 2.24) is 26.2 Å². The standard InChI is InChI=1S/C35H49N5O9Si/c1-24(41)25-12-15-28-30(22-25)35(46)40(34(28)45)20-10-6-5-9-17-37-31(42)26-13-14-27(32(43)39-19-11-21-50(47,48)49)29(23-26)33(44)38-18-8-4-3-7-16-36-2/h12-15,22-23,36,47-49H,3-11,16-21H2,1-2H3,(H,37,42)(H,38,44)(H,39,43). The number of ketones is 1. The molecule has 14 nitrogen and oxygen atoms in total. The van der Waals surface area contributed by atoms with Crippen LogP contribution in [0.2, 0.25) is 6.04 Å². The van der Waals surface area contributed by atoms with Crippen LogP contribution in [-0.2, 0) is 0 Å². The van der Waals surface area contributed by atoms with Crippen LogP contribution in [0.3, 0.4) is 0 Å². The average molecular weight is 712 g/mol. The molecule has 0 aromatic heterocycles. The monoisotopic (exact) mass is 711 g/mol. The Bertz CT molecular complexity index is 1540. The van der Waals surface area contributed by atoms with Crippen molar-refractivity contribution in [2.45, 2.75) is 70.8 Å². The van der Waals surface area contributed by atoms with E-state index in [1.807, 2.05) is 7.05 Å². The van der Waals surface area contributed by atoms with Crippen molar-refractivity contribution in [3.8, 4) is 0 Å². The fourth-order valence-corrected chi connectivity index (χ4v) is 6.19. The molecule has 272 valence electrons. The van der Waals surface area contributed by atoms with Gasteiger partial charge in [-0.25, -0.2) is 0 Å². The van der Waals surface area contributed by atoms with Gasteiger partial charge in [0.15, 0.2) is 5.78 Å². The van der Waals surface area contributed by atoms with Gasteiger partial charge in [0, 0.05) is 43.4 Å². The SMILES string of the molecule is CNCCCCCCNC(=O)c1cc(C(=O)NCCCCCCN2C(=O)c3ccc(C(C)=O)cc3C2=O)ccc1C(=O)NCCC[Si](O)(O)O. The molecule has 1 aliphatic heterocycles. The number of benzene rings is 2. The van der Waals surface area contributed by atoms with Crippen LogP contribution in [0.15, 0.2) is 36.4 Å². The summed E-state index contributed by atoms with van der Waals surface area (Å²) in [6.07, 6.45) is 6.51. The van der Waals surface area contributed by atoms with Crippen molar-refractivity contribution in [2.75, 3.05) is 39.8 Å². The molecule has 0 radical (unpaired) electrons. The Balaban J connectivity index is 1.49. The van der Waals surface area contributed by atoms with Crippen molar-refractivity contribution in [3.05, 3.63) is 69.8 Å². The van der Waals surface area contributed by atoms with Gasteiger partial charge in [0.1, 0.15) is 0 Å². The van der Waals surface area contributed by atoms with Crippen LogP contribution >= 0.6 is 0 Å². The van der Waals surface area contributed by atoms with Crippen LogP contribution in [0.25, 0.3) is 0 Å². The van der Waals surface area contributed by atoms with Crippen LogP contribution in [0.4, 0.5) is 0 Å². The van der Waals surface area contributed by atoms with E-state index in [1.165, 1.54) is 42.2 Å². The predicted molar refractivity (Wildman–Crippen MR) is 188 cm³/mol. The molecule has 0 saturated carbocycles. The molecule has 0 spiro atoms. The van der Waals surface area contributed by atoms with Gasteiger partial charge in [-0.05, 0) is 83.0 Å². The second-order valence-corrected chi connectivity index (χ2v) is 14.5. The van der Waals surface area contributed by atoms with Crippen LogP contribution in [0.1, 0.15) is 127 Å². The van der Waals surface area contributed by atoms with E-state index in [9.17, 15) is 43.2 Å². The van der Waals surface area contributed by atoms with Crippen molar-refractivity contribution in [2.24, 2.45) is 0 Å². The molecule has 5 amide bonds. The number of rotatable bonds is 22. The smallest absolute Gasteiger partial charge is 0.390 e. The van der Waals surface area contributed by atoms with Gasteiger partial charge in [-0.2, -0.15) is 0 Å². The molecule has 0 unspecified atom stereocenters. The molecular formula is C35H49N5O9Si. The van der Waals surface area contributed by atoms with Gasteiger partial charge < -0.3 is 35.7 Å². The summed E-state index contributed by atoms with van der Waals surface area (Å²) >= 11 is 0. The minimum Gasteiger partial charge on any atom is -0.390 e. The Labute approximate surface area is 293 Å². The minimum atomic E-state index is -4.23. The summed E-state index contributed by atoms with van der Waals surface area (Å²) in [5.41, 5.74) is 1.22. The van der Waals surface area contributed by atoms with Gasteiger partial charge in [-0.15, -0.1) is 0 Å². The number of nitrogens with one attached hydrogen (secondary N) is 4. The number of unbranched alkanes of at least 4 members (excludes halogenated alkanes) is 6. The number of nitrogens with zero attached hydrogens (tertiary/aromatic N) is 1. The fourth-order valence-electron chi connectivity index (χ4n) is 5.54. The number of Topliss-reactive ketones (excluding diaryl/α,β-unsaturated/α-hetero) is 1. The molecule has 3 rings (SSSR count). The van der Waals surface area contributed by atoms with Crippen LogP contribution in [0.5, 0.6) is 0 Å². The van der Waals surface area contributed by atoms with E-state index in [1.54, 1.807) is 6.07 Å². The average Bonchev–Trinajstić information content (AvgIpc) is 3.32. The molecule has 2 aromatic carbocycles. The quantitative estimate of drug-likeness (QED) is 0.0408. The molecule has 2 aromatic rings. The number of carbonyl (C=O) groups is 6. The number of amides is 5. The Morgan fingerprint density at radius 1 is 0.620 bits per heavy atom.